The molecule has 1 rings (SSSR count). The number of allylic oxidation sites excluding steroid dienone is 1. The fraction of sp³-hybridized carbons (Fsp3) is 0.300. The molecule has 0 N–H and O–H groups in total. The van der Waals surface area contributed by atoms with Crippen molar-refractivity contribution in [2.45, 2.75) is 20.3 Å². The van der Waals surface area contributed by atoms with Gasteiger partial charge in [-0.15, -0.1) is 11.3 Å². The Bertz CT molecular complexity index is 297. The van der Waals surface area contributed by atoms with Crippen LogP contribution in [0.3, 0.4) is 0 Å². The summed E-state index contributed by atoms with van der Waals surface area (Å²) in [6, 6.07) is 4.16. The summed E-state index contributed by atoms with van der Waals surface area (Å²) in [7, 11) is 0. The molecule has 0 saturated carbocycles. The van der Waals surface area contributed by atoms with Gasteiger partial charge in [-0.3, -0.25) is 4.79 Å². The summed E-state index contributed by atoms with van der Waals surface area (Å²) in [5.74, 6) is 0. The Morgan fingerprint density at radius 2 is 2.33 bits per heavy atom. The summed E-state index contributed by atoms with van der Waals surface area (Å²) in [6.07, 6.45) is 3.86. The first-order chi connectivity index (χ1) is 5.76. The van der Waals surface area contributed by atoms with Crippen LogP contribution in [0.1, 0.15) is 23.6 Å². The Hall–Kier alpha value is -0.890. The fourth-order valence-corrected chi connectivity index (χ4v) is 1.88. The maximum absolute atomic E-state index is 10.3. The van der Waals surface area contributed by atoms with Crippen LogP contribution in [0.25, 0.3) is 6.08 Å². The molecule has 0 aromatic carbocycles. The lowest BCUT2D eigenvalue weighted by molar-refractivity contribution is -0.104. The van der Waals surface area contributed by atoms with Gasteiger partial charge in [-0.2, -0.15) is 0 Å². The molecular formula is C10H12OS. The molecule has 0 amide bonds. The molecule has 1 heterocycles. The molecule has 0 bridgehead atoms. The van der Waals surface area contributed by atoms with Gasteiger partial charge in [0.25, 0.3) is 0 Å². The summed E-state index contributed by atoms with van der Waals surface area (Å²) in [5.41, 5.74) is 0.777. The minimum atomic E-state index is 0.777. The van der Waals surface area contributed by atoms with E-state index in [2.05, 4.69) is 19.1 Å². The van der Waals surface area contributed by atoms with Crippen LogP contribution >= 0.6 is 11.3 Å². The lowest BCUT2D eigenvalue weighted by Crippen LogP contribution is -1.72. The number of aldehydes is 1. The molecule has 64 valence electrons. The van der Waals surface area contributed by atoms with E-state index in [1.807, 2.05) is 13.0 Å². The van der Waals surface area contributed by atoms with Gasteiger partial charge in [0.2, 0.25) is 0 Å². The van der Waals surface area contributed by atoms with Gasteiger partial charge in [0.15, 0.2) is 0 Å². The SMILES string of the molecule is CCc1ccc(C=C(C)C=O)s1. The van der Waals surface area contributed by atoms with Gasteiger partial charge in [0.05, 0.1) is 0 Å². The van der Waals surface area contributed by atoms with Crippen molar-refractivity contribution in [2.24, 2.45) is 0 Å². The van der Waals surface area contributed by atoms with Crippen molar-refractivity contribution in [3.05, 3.63) is 27.5 Å². The van der Waals surface area contributed by atoms with Gasteiger partial charge in [-0.05, 0) is 37.1 Å². The number of rotatable bonds is 3. The molecule has 1 aromatic rings. The summed E-state index contributed by atoms with van der Waals surface area (Å²) in [4.78, 5) is 12.8. The average Bonchev–Trinajstić information content (AvgIpc) is 2.52. The van der Waals surface area contributed by atoms with Gasteiger partial charge in [0.1, 0.15) is 6.29 Å². The fourth-order valence-electron chi connectivity index (χ4n) is 0.921. The van der Waals surface area contributed by atoms with Crippen LogP contribution in [0.5, 0.6) is 0 Å². The Morgan fingerprint density at radius 3 is 2.83 bits per heavy atom. The average molecular weight is 180 g/mol. The molecule has 2 heteroatoms. The molecule has 0 saturated heterocycles. The van der Waals surface area contributed by atoms with Crippen molar-refractivity contribution in [3.63, 3.8) is 0 Å². The number of thiophene rings is 1. The maximum atomic E-state index is 10.3. The smallest absolute Gasteiger partial charge is 0.145 e. The Morgan fingerprint density at radius 1 is 1.58 bits per heavy atom. The van der Waals surface area contributed by atoms with Crippen LogP contribution in [-0.2, 0) is 11.2 Å². The molecule has 0 radical (unpaired) electrons. The maximum Gasteiger partial charge on any atom is 0.145 e. The molecule has 1 aromatic heterocycles. The van der Waals surface area contributed by atoms with Gasteiger partial charge in [0, 0.05) is 9.75 Å². The van der Waals surface area contributed by atoms with Crippen LogP contribution in [0.4, 0.5) is 0 Å². The number of hydrogen-bond acceptors (Lipinski definition) is 2. The van der Waals surface area contributed by atoms with Gasteiger partial charge in [-0.1, -0.05) is 6.92 Å². The molecule has 1 nitrogen and oxygen atoms in total. The largest absolute Gasteiger partial charge is 0.298 e. The molecule has 0 atom stereocenters. The van der Waals surface area contributed by atoms with E-state index >= 15 is 0 Å². The van der Waals surface area contributed by atoms with Gasteiger partial charge >= 0.3 is 0 Å². The van der Waals surface area contributed by atoms with E-state index in [9.17, 15) is 4.79 Å². The topological polar surface area (TPSA) is 17.1 Å². The Balaban J connectivity index is 2.82. The highest BCUT2D eigenvalue weighted by atomic mass is 32.1. The predicted molar refractivity (Wildman–Crippen MR) is 53.4 cm³/mol. The number of carbonyl (C=O) groups is 1. The number of aryl methyl sites for hydroxylation is 1. The second-order valence-corrected chi connectivity index (χ2v) is 3.86. The quantitative estimate of drug-likeness (QED) is 0.516. The third kappa shape index (κ3) is 2.31. The van der Waals surface area contributed by atoms with Crippen molar-refractivity contribution >= 4 is 23.7 Å². The lowest BCUT2D eigenvalue weighted by Gasteiger charge is -1.86. The number of carbonyl (C=O) groups excluding carboxylic acids is 1. The highest BCUT2D eigenvalue weighted by molar-refractivity contribution is 7.12. The Kier molecular flexibility index (Phi) is 3.23. The molecule has 0 aliphatic carbocycles. The molecule has 0 aliphatic rings. The first-order valence-electron chi connectivity index (χ1n) is 3.98. The second kappa shape index (κ2) is 4.21. The normalized spacial score (nSPS) is 11.7. The predicted octanol–water partition coefficient (Wildman–Crippen LogP) is 2.91. The zero-order valence-electron chi connectivity index (χ0n) is 7.33. The summed E-state index contributed by atoms with van der Waals surface area (Å²) >= 11 is 1.74. The van der Waals surface area contributed by atoms with E-state index in [0.29, 0.717) is 0 Å². The first kappa shape index (κ1) is 9.20. The van der Waals surface area contributed by atoms with E-state index in [4.69, 9.17) is 0 Å². The molecule has 0 unspecified atom stereocenters. The monoisotopic (exact) mass is 180 g/mol. The molecule has 0 spiro atoms. The zero-order chi connectivity index (χ0) is 8.97. The van der Waals surface area contributed by atoms with E-state index in [-0.39, 0.29) is 0 Å². The summed E-state index contributed by atoms with van der Waals surface area (Å²) in [5, 5.41) is 0. The molecule has 0 fully saturated rings. The third-order valence-electron chi connectivity index (χ3n) is 1.59. The van der Waals surface area contributed by atoms with Crippen LogP contribution < -0.4 is 0 Å². The van der Waals surface area contributed by atoms with Gasteiger partial charge < -0.3 is 0 Å². The van der Waals surface area contributed by atoms with E-state index in [1.165, 1.54) is 4.88 Å². The van der Waals surface area contributed by atoms with Crippen LogP contribution in [-0.4, -0.2) is 6.29 Å². The molecule has 0 aliphatic heterocycles. The van der Waals surface area contributed by atoms with Crippen LogP contribution in [0.15, 0.2) is 17.7 Å². The van der Waals surface area contributed by atoms with Crippen molar-refractivity contribution < 1.29 is 4.79 Å². The molecule has 12 heavy (non-hydrogen) atoms. The highest BCUT2D eigenvalue weighted by Crippen LogP contribution is 2.19. The zero-order valence-corrected chi connectivity index (χ0v) is 8.15. The van der Waals surface area contributed by atoms with E-state index in [0.717, 1.165) is 23.2 Å². The van der Waals surface area contributed by atoms with Crippen molar-refractivity contribution in [2.75, 3.05) is 0 Å². The van der Waals surface area contributed by atoms with Crippen LogP contribution in [0, 0.1) is 0 Å². The Labute approximate surface area is 76.7 Å². The van der Waals surface area contributed by atoms with Crippen molar-refractivity contribution in [1.29, 1.82) is 0 Å². The van der Waals surface area contributed by atoms with Gasteiger partial charge in [-0.25, -0.2) is 0 Å². The van der Waals surface area contributed by atoms with Crippen LogP contribution in [0.2, 0.25) is 0 Å². The highest BCUT2D eigenvalue weighted by Gasteiger charge is 1.95. The van der Waals surface area contributed by atoms with Crippen molar-refractivity contribution in [3.8, 4) is 0 Å². The number of hydrogen-bond donors (Lipinski definition) is 0. The first-order valence-corrected chi connectivity index (χ1v) is 4.80. The third-order valence-corrected chi connectivity index (χ3v) is 2.76. The molecular weight excluding hydrogens is 168 g/mol. The lowest BCUT2D eigenvalue weighted by atomic mass is 10.3. The second-order valence-electron chi connectivity index (χ2n) is 2.66. The minimum absolute atomic E-state index is 0.777. The standard InChI is InChI=1S/C10H12OS/c1-3-9-4-5-10(12-9)6-8(2)7-11/h4-7H,3H2,1-2H3. The van der Waals surface area contributed by atoms with E-state index in [1.54, 1.807) is 11.3 Å². The van der Waals surface area contributed by atoms with Crippen molar-refractivity contribution in [1.82, 2.24) is 0 Å². The van der Waals surface area contributed by atoms with E-state index < -0.39 is 0 Å². The summed E-state index contributed by atoms with van der Waals surface area (Å²) < 4.78 is 0. The minimum Gasteiger partial charge on any atom is -0.298 e. The summed E-state index contributed by atoms with van der Waals surface area (Å²) in [6.45, 7) is 3.95.